The van der Waals surface area contributed by atoms with Gasteiger partial charge >= 0.3 is 0 Å². The lowest BCUT2D eigenvalue weighted by Gasteiger charge is -2.35. The van der Waals surface area contributed by atoms with Crippen LogP contribution in [0.15, 0.2) is 0 Å². The topological polar surface area (TPSA) is 0 Å². The summed E-state index contributed by atoms with van der Waals surface area (Å²) in [6, 6.07) is 0. The second-order valence-electron chi connectivity index (χ2n) is 2.86. The molecule has 0 aromatic rings. The van der Waals surface area contributed by atoms with Crippen molar-refractivity contribution in [2.24, 2.45) is 11.3 Å². The molecular weight excluding hydrogens is 94.9 g/mol. The summed E-state index contributed by atoms with van der Waals surface area (Å²) < 4.78 is 0. The molecule has 3 rings (SSSR count). The van der Waals surface area contributed by atoms with Gasteiger partial charge < -0.3 is 0 Å². The maximum Gasteiger partial charge on any atom is 0.0673 e. The summed E-state index contributed by atoms with van der Waals surface area (Å²) in [4.78, 5) is 0. The van der Waals surface area contributed by atoms with Crippen LogP contribution in [0.4, 0.5) is 0 Å². The molecule has 0 heterocycles. The molecule has 0 nitrogen and oxygen atoms in total. The first-order valence-electron chi connectivity index (χ1n) is 3.07. The second kappa shape index (κ2) is 1.13. The highest BCUT2D eigenvalue weighted by Gasteiger charge is 2.44. The van der Waals surface area contributed by atoms with Crippen molar-refractivity contribution >= 4 is 7.85 Å². The lowest BCUT2D eigenvalue weighted by atomic mass is 9.62. The molecule has 0 aromatic heterocycles. The van der Waals surface area contributed by atoms with Crippen LogP contribution < -0.4 is 0 Å². The molecule has 0 N–H and O–H groups in total. The highest BCUT2D eigenvalue weighted by atomic mass is 14.5. The number of hydrogen-bond donors (Lipinski definition) is 0. The van der Waals surface area contributed by atoms with E-state index in [2.05, 4.69) is 11.8 Å². The molecule has 3 aliphatic rings. The molecule has 1 fully saturated rings. The van der Waals surface area contributed by atoms with Crippen LogP contribution in [-0.4, -0.2) is 7.85 Å². The summed E-state index contributed by atoms with van der Waals surface area (Å²) in [5.74, 6) is 7.06. The van der Waals surface area contributed by atoms with Gasteiger partial charge in [-0.05, 0) is 12.8 Å². The van der Waals surface area contributed by atoms with E-state index in [0.717, 1.165) is 12.2 Å². The van der Waals surface area contributed by atoms with E-state index in [4.69, 9.17) is 7.85 Å². The zero-order valence-electron chi connectivity index (χ0n) is 4.78. The van der Waals surface area contributed by atoms with E-state index in [1.807, 2.05) is 0 Å². The van der Waals surface area contributed by atoms with Gasteiger partial charge in [-0.1, -0.05) is 18.2 Å². The molecule has 2 bridgehead atoms. The van der Waals surface area contributed by atoms with Crippen molar-refractivity contribution < 1.29 is 0 Å². The SMILES string of the molecule is [B]CC12C#CC(C1)C2. The van der Waals surface area contributed by atoms with Crippen molar-refractivity contribution in [2.45, 2.75) is 19.2 Å². The van der Waals surface area contributed by atoms with Gasteiger partial charge in [0.05, 0.1) is 7.85 Å². The third-order valence-corrected chi connectivity index (χ3v) is 2.21. The van der Waals surface area contributed by atoms with Crippen LogP contribution in [0, 0.1) is 23.2 Å². The van der Waals surface area contributed by atoms with Crippen molar-refractivity contribution in [2.75, 3.05) is 0 Å². The summed E-state index contributed by atoms with van der Waals surface area (Å²) >= 11 is 0. The van der Waals surface area contributed by atoms with E-state index < -0.39 is 0 Å². The van der Waals surface area contributed by atoms with Crippen LogP contribution in [0.25, 0.3) is 0 Å². The van der Waals surface area contributed by atoms with Gasteiger partial charge in [0.25, 0.3) is 0 Å². The predicted octanol–water partition coefficient (Wildman–Crippen LogP) is 0.987. The molecule has 38 valence electrons. The first kappa shape index (κ1) is 4.50. The molecule has 0 amide bonds. The van der Waals surface area contributed by atoms with Gasteiger partial charge in [0.1, 0.15) is 0 Å². The third-order valence-electron chi connectivity index (χ3n) is 2.21. The average molecular weight is 102 g/mol. The summed E-state index contributed by atoms with van der Waals surface area (Å²) in [7, 11) is 5.50. The molecule has 0 atom stereocenters. The summed E-state index contributed by atoms with van der Waals surface area (Å²) in [5.41, 5.74) is 0.296. The molecule has 0 spiro atoms. The first-order valence-corrected chi connectivity index (χ1v) is 3.07. The molecule has 0 aromatic carbocycles. The van der Waals surface area contributed by atoms with Gasteiger partial charge in [-0.3, -0.25) is 0 Å². The van der Waals surface area contributed by atoms with Crippen LogP contribution in [0.5, 0.6) is 0 Å². The minimum absolute atomic E-state index is 0.296. The normalized spacial score (nSPS) is 47.2. The Morgan fingerprint density at radius 2 is 2.38 bits per heavy atom. The summed E-state index contributed by atoms with van der Waals surface area (Å²) in [5, 5.41) is 0. The van der Waals surface area contributed by atoms with Crippen molar-refractivity contribution in [3.8, 4) is 11.8 Å². The Hall–Kier alpha value is -0.375. The summed E-state index contributed by atoms with van der Waals surface area (Å²) in [6.07, 6.45) is 3.23. The minimum atomic E-state index is 0.296. The van der Waals surface area contributed by atoms with Crippen molar-refractivity contribution in [1.29, 1.82) is 0 Å². The fraction of sp³-hybridized carbons (Fsp3) is 0.714. The maximum atomic E-state index is 5.50. The van der Waals surface area contributed by atoms with Crippen molar-refractivity contribution in [1.82, 2.24) is 0 Å². The van der Waals surface area contributed by atoms with E-state index in [1.165, 1.54) is 12.8 Å². The molecule has 8 heavy (non-hydrogen) atoms. The molecule has 3 aliphatic carbocycles. The largest absolute Gasteiger partial charge is 0.0992 e. The third kappa shape index (κ3) is 0.347. The van der Waals surface area contributed by atoms with Gasteiger partial charge in [0, 0.05) is 11.3 Å². The van der Waals surface area contributed by atoms with E-state index in [-0.39, 0.29) is 0 Å². The summed E-state index contributed by atoms with van der Waals surface area (Å²) in [6.45, 7) is 0. The molecular formula is C7H7B. The molecule has 2 radical (unpaired) electrons. The Labute approximate surface area is 51.1 Å². The van der Waals surface area contributed by atoms with Crippen LogP contribution in [0.2, 0.25) is 6.32 Å². The fourth-order valence-corrected chi connectivity index (χ4v) is 1.56. The van der Waals surface area contributed by atoms with Crippen LogP contribution in [0.3, 0.4) is 0 Å². The van der Waals surface area contributed by atoms with Gasteiger partial charge in [-0.2, -0.15) is 0 Å². The Bertz CT molecular complexity index is 167. The van der Waals surface area contributed by atoms with Gasteiger partial charge in [-0.15, -0.1) is 0 Å². The second-order valence-corrected chi connectivity index (χ2v) is 2.86. The number of hydrogen-bond acceptors (Lipinski definition) is 0. The zero-order valence-corrected chi connectivity index (χ0v) is 4.78. The van der Waals surface area contributed by atoms with E-state index >= 15 is 0 Å². The molecule has 0 aliphatic heterocycles. The van der Waals surface area contributed by atoms with Gasteiger partial charge in [0.2, 0.25) is 0 Å². The smallest absolute Gasteiger partial charge is 0.0673 e. The quantitative estimate of drug-likeness (QED) is 0.342. The van der Waals surface area contributed by atoms with Crippen LogP contribution in [-0.2, 0) is 0 Å². The van der Waals surface area contributed by atoms with Crippen molar-refractivity contribution in [3.63, 3.8) is 0 Å². The monoisotopic (exact) mass is 102 g/mol. The fourth-order valence-electron chi connectivity index (χ4n) is 1.56. The van der Waals surface area contributed by atoms with E-state index in [1.54, 1.807) is 0 Å². The standard InChI is InChI=1S/C7H7B/c8-5-7-2-1-6(3-7)4-7/h6H,3-5H2. The molecule has 1 heteroatoms. The Balaban J connectivity index is 2.23. The lowest BCUT2D eigenvalue weighted by Crippen LogP contribution is -2.29. The number of rotatable bonds is 1. The Morgan fingerprint density at radius 1 is 1.62 bits per heavy atom. The molecule has 0 saturated heterocycles. The Morgan fingerprint density at radius 3 is 2.62 bits per heavy atom. The highest BCUT2D eigenvalue weighted by Crippen LogP contribution is 2.51. The molecule has 1 saturated carbocycles. The maximum absolute atomic E-state index is 5.50. The van der Waals surface area contributed by atoms with E-state index in [0.29, 0.717) is 5.41 Å². The van der Waals surface area contributed by atoms with E-state index in [9.17, 15) is 0 Å². The highest BCUT2D eigenvalue weighted by molar-refractivity contribution is 6.09. The van der Waals surface area contributed by atoms with Crippen LogP contribution >= 0.6 is 0 Å². The first-order chi connectivity index (χ1) is 3.85. The predicted molar refractivity (Wildman–Crippen MR) is 33.5 cm³/mol. The Kier molecular flexibility index (Phi) is 0.635. The lowest BCUT2D eigenvalue weighted by molar-refractivity contribution is 0.211. The van der Waals surface area contributed by atoms with Crippen molar-refractivity contribution in [3.05, 3.63) is 0 Å². The average Bonchev–Trinajstić information content (AvgIpc) is 2.17. The van der Waals surface area contributed by atoms with Crippen LogP contribution in [0.1, 0.15) is 12.8 Å². The zero-order chi connectivity index (χ0) is 5.61. The van der Waals surface area contributed by atoms with Gasteiger partial charge in [-0.25, -0.2) is 0 Å². The van der Waals surface area contributed by atoms with Gasteiger partial charge in [0.15, 0.2) is 0 Å². The molecule has 0 unspecified atom stereocenters. The minimum Gasteiger partial charge on any atom is -0.0992 e.